The summed E-state index contributed by atoms with van der Waals surface area (Å²) in [6.45, 7) is 1.65. The number of ether oxygens (including phenoxy) is 1. The average molecular weight is 297 g/mol. The van der Waals surface area contributed by atoms with E-state index in [1.807, 2.05) is 0 Å². The molecular weight excluding hydrogens is 282 g/mol. The minimum atomic E-state index is -3.54. The smallest absolute Gasteiger partial charge is 0.310 e. The van der Waals surface area contributed by atoms with E-state index in [1.54, 1.807) is 0 Å². The van der Waals surface area contributed by atoms with E-state index >= 15 is 0 Å². The molecule has 0 unspecified atom stereocenters. The predicted octanol–water partition coefficient (Wildman–Crippen LogP) is 0.982. The van der Waals surface area contributed by atoms with Gasteiger partial charge >= 0.3 is 5.97 Å². The highest BCUT2D eigenvalue weighted by atomic mass is 32.2. The molecule has 6 nitrogen and oxygen atoms in total. The number of benzene rings is 1. The molecule has 20 heavy (non-hydrogen) atoms. The van der Waals surface area contributed by atoms with Crippen molar-refractivity contribution in [2.75, 3.05) is 17.7 Å². The van der Waals surface area contributed by atoms with Gasteiger partial charge in [0, 0.05) is 12.6 Å². The molecule has 2 rings (SSSR count). The van der Waals surface area contributed by atoms with Gasteiger partial charge in [0.2, 0.25) is 5.91 Å². The van der Waals surface area contributed by atoms with Crippen LogP contribution in [0.4, 0.5) is 5.69 Å². The summed E-state index contributed by atoms with van der Waals surface area (Å²) in [6.07, 6.45) is 0.433. The van der Waals surface area contributed by atoms with Gasteiger partial charge in [-0.05, 0) is 30.7 Å². The Labute approximate surface area is 117 Å². The van der Waals surface area contributed by atoms with E-state index in [4.69, 9.17) is 4.74 Å². The van der Waals surface area contributed by atoms with Crippen LogP contribution in [0.25, 0.3) is 0 Å². The lowest BCUT2D eigenvalue weighted by Gasteiger charge is -2.08. The highest BCUT2D eigenvalue weighted by Gasteiger charge is 2.32. The lowest BCUT2D eigenvalue weighted by molar-refractivity contribution is -0.140. The topological polar surface area (TPSA) is 89.5 Å². The van der Waals surface area contributed by atoms with Crippen molar-refractivity contribution in [2.24, 2.45) is 5.92 Å². The first kappa shape index (κ1) is 14.5. The van der Waals surface area contributed by atoms with Crippen LogP contribution in [0.1, 0.15) is 13.3 Å². The van der Waals surface area contributed by atoms with Gasteiger partial charge in [-0.3, -0.25) is 9.59 Å². The number of rotatable bonds is 4. The number of nitrogens with one attached hydrogen (secondary N) is 1. The van der Waals surface area contributed by atoms with E-state index < -0.39 is 21.7 Å². The Morgan fingerprint density at radius 1 is 1.35 bits per heavy atom. The molecule has 0 saturated carbocycles. The third kappa shape index (κ3) is 3.36. The molecule has 1 heterocycles. The summed E-state index contributed by atoms with van der Waals surface area (Å²) >= 11 is 0. The molecule has 1 aromatic carbocycles. The van der Waals surface area contributed by atoms with Crippen LogP contribution in [0.3, 0.4) is 0 Å². The van der Waals surface area contributed by atoms with Gasteiger partial charge in [-0.15, -0.1) is 0 Å². The van der Waals surface area contributed by atoms with Gasteiger partial charge in [-0.25, -0.2) is 8.42 Å². The second-order valence-corrected chi connectivity index (χ2v) is 6.67. The highest BCUT2D eigenvalue weighted by molar-refractivity contribution is 7.91. The number of sulfone groups is 1. The van der Waals surface area contributed by atoms with Crippen LogP contribution in [0.2, 0.25) is 0 Å². The molecule has 1 N–H and O–H groups in total. The number of carbonyl (C=O) groups is 2. The van der Waals surface area contributed by atoms with E-state index in [2.05, 4.69) is 5.32 Å². The second-order valence-electron chi connectivity index (χ2n) is 4.64. The molecule has 1 aliphatic rings. The monoisotopic (exact) mass is 297 g/mol. The van der Waals surface area contributed by atoms with Crippen molar-refractivity contribution in [3.05, 3.63) is 24.3 Å². The fraction of sp³-hybridized carbons (Fsp3) is 0.385. The first-order valence-corrected chi connectivity index (χ1v) is 7.81. The van der Waals surface area contributed by atoms with Crippen molar-refractivity contribution < 1.29 is 22.7 Å². The van der Waals surface area contributed by atoms with Crippen LogP contribution in [-0.2, 0) is 24.2 Å². The van der Waals surface area contributed by atoms with Crippen LogP contribution < -0.4 is 5.32 Å². The Kier molecular flexibility index (Phi) is 4.08. The van der Waals surface area contributed by atoms with Crippen molar-refractivity contribution in [3.8, 4) is 0 Å². The van der Waals surface area contributed by atoms with Crippen molar-refractivity contribution in [3.63, 3.8) is 0 Å². The van der Waals surface area contributed by atoms with Crippen LogP contribution in [0.5, 0.6) is 0 Å². The quantitative estimate of drug-likeness (QED) is 0.837. The zero-order chi connectivity index (χ0) is 14.8. The van der Waals surface area contributed by atoms with Gasteiger partial charge in [0.05, 0.1) is 23.2 Å². The summed E-state index contributed by atoms with van der Waals surface area (Å²) in [5, 5.41) is 2.56. The van der Waals surface area contributed by atoms with E-state index in [1.165, 1.54) is 31.2 Å². The zero-order valence-electron chi connectivity index (χ0n) is 11.0. The molecule has 1 aromatic rings. The Bertz CT molecular complexity index is 621. The largest absolute Gasteiger partial charge is 0.465 e. The number of hydrogen-bond donors (Lipinski definition) is 1. The minimum Gasteiger partial charge on any atom is -0.465 e. The molecule has 0 spiro atoms. The average Bonchev–Trinajstić information content (AvgIpc) is 2.74. The lowest BCUT2D eigenvalue weighted by Crippen LogP contribution is -2.20. The van der Waals surface area contributed by atoms with E-state index in [0.29, 0.717) is 12.1 Å². The molecule has 7 heteroatoms. The molecule has 1 fully saturated rings. The van der Waals surface area contributed by atoms with Gasteiger partial charge in [0.25, 0.3) is 0 Å². The normalized spacial score (nSPS) is 18.6. The minimum absolute atomic E-state index is 0.131. The van der Waals surface area contributed by atoms with E-state index in [-0.39, 0.29) is 23.2 Å². The summed E-state index contributed by atoms with van der Waals surface area (Å²) in [5.41, 5.74) is 0.525. The summed E-state index contributed by atoms with van der Waals surface area (Å²) < 4.78 is 29.1. The van der Waals surface area contributed by atoms with Crippen LogP contribution in [0.15, 0.2) is 29.2 Å². The third-order valence-electron chi connectivity index (χ3n) is 3.00. The zero-order valence-corrected chi connectivity index (χ0v) is 11.8. The first-order valence-electron chi connectivity index (χ1n) is 6.15. The van der Waals surface area contributed by atoms with Gasteiger partial charge in [-0.2, -0.15) is 0 Å². The molecule has 1 saturated heterocycles. The second kappa shape index (κ2) is 5.62. The molecule has 0 aliphatic carbocycles. The molecule has 0 bridgehead atoms. The fourth-order valence-corrected chi connectivity index (χ4v) is 3.57. The summed E-state index contributed by atoms with van der Waals surface area (Å²) in [7, 11) is -3.54. The third-order valence-corrected chi connectivity index (χ3v) is 4.83. The summed E-state index contributed by atoms with van der Waals surface area (Å²) in [6, 6.07) is 5.87. The van der Waals surface area contributed by atoms with Crippen LogP contribution >= 0.6 is 0 Å². The Hall–Kier alpha value is -1.89. The van der Waals surface area contributed by atoms with E-state index in [9.17, 15) is 18.0 Å². The van der Waals surface area contributed by atoms with Crippen molar-refractivity contribution in [1.29, 1.82) is 0 Å². The van der Waals surface area contributed by atoms with Gasteiger partial charge in [0.1, 0.15) is 0 Å². The molecule has 1 amide bonds. The number of carbonyl (C=O) groups excluding carboxylic acids is 2. The Morgan fingerprint density at radius 3 is 2.50 bits per heavy atom. The molecule has 108 valence electrons. The Morgan fingerprint density at radius 2 is 2.00 bits per heavy atom. The lowest BCUT2D eigenvalue weighted by atomic mass is 10.1. The van der Waals surface area contributed by atoms with Crippen LogP contribution in [0, 0.1) is 5.92 Å². The maximum Gasteiger partial charge on any atom is 0.310 e. The van der Waals surface area contributed by atoms with Crippen molar-refractivity contribution in [2.45, 2.75) is 18.2 Å². The van der Waals surface area contributed by atoms with Crippen LogP contribution in [-0.4, -0.2) is 32.7 Å². The van der Waals surface area contributed by atoms with Crippen molar-refractivity contribution >= 4 is 27.4 Å². The number of esters is 1. The summed E-state index contributed by atoms with van der Waals surface area (Å²) in [5.74, 6) is -1.52. The SMILES string of the molecule is CC(=O)Nc1ccc(S(=O)(=O)C[C@H]2CCOC2=O)cc1. The van der Waals surface area contributed by atoms with Gasteiger partial charge in [0.15, 0.2) is 9.84 Å². The highest BCUT2D eigenvalue weighted by Crippen LogP contribution is 2.22. The number of hydrogen-bond acceptors (Lipinski definition) is 5. The van der Waals surface area contributed by atoms with Gasteiger partial charge < -0.3 is 10.1 Å². The maximum atomic E-state index is 12.2. The standard InChI is InChI=1S/C13H15NO5S/c1-9(15)14-11-2-4-12(5-3-11)20(17,18)8-10-6-7-19-13(10)16/h2-5,10H,6-8H2,1H3,(H,14,15)/t10-/m1/s1. The number of amides is 1. The maximum absolute atomic E-state index is 12.2. The van der Waals surface area contributed by atoms with Crippen molar-refractivity contribution in [1.82, 2.24) is 0 Å². The van der Waals surface area contributed by atoms with E-state index in [0.717, 1.165) is 0 Å². The summed E-state index contributed by atoms with van der Waals surface area (Å²) in [4.78, 5) is 22.3. The fourth-order valence-electron chi connectivity index (χ4n) is 2.00. The number of anilines is 1. The number of cyclic esters (lactones) is 1. The Balaban J connectivity index is 2.13. The molecule has 0 aromatic heterocycles. The molecule has 0 radical (unpaired) electrons. The molecular formula is C13H15NO5S. The first-order chi connectivity index (χ1) is 9.38. The molecule has 1 aliphatic heterocycles. The van der Waals surface area contributed by atoms with Gasteiger partial charge in [-0.1, -0.05) is 0 Å². The molecule has 1 atom stereocenters. The predicted molar refractivity (Wildman–Crippen MR) is 71.9 cm³/mol.